The van der Waals surface area contributed by atoms with Gasteiger partial charge in [-0.3, -0.25) is 4.79 Å². The van der Waals surface area contributed by atoms with E-state index in [0.717, 1.165) is 11.3 Å². The third kappa shape index (κ3) is 4.97. The van der Waals surface area contributed by atoms with Gasteiger partial charge >= 0.3 is 5.97 Å². The van der Waals surface area contributed by atoms with Crippen molar-refractivity contribution in [1.29, 1.82) is 0 Å². The van der Waals surface area contributed by atoms with Gasteiger partial charge in [-0.05, 0) is 37.1 Å². The topological polar surface area (TPSA) is 84.9 Å². The normalized spacial score (nSPS) is 10.2. The molecule has 0 aliphatic carbocycles. The molecule has 0 unspecified atom stereocenters. The van der Waals surface area contributed by atoms with E-state index >= 15 is 0 Å². The summed E-state index contributed by atoms with van der Waals surface area (Å²) >= 11 is 0. The molecule has 2 N–H and O–H groups in total. The van der Waals surface area contributed by atoms with E-state index in [-0.39, 0.29) is 29.3 Å². The molecular weight excluding hydrogens is 322 g/mol. The Morgan fingerprint density at radius 2 is 1.88 bits per heavy atom. The van der Waals surface area contributed by atoms with Gasteiger partial charge in [-0.1, -0.05) is 24.3 Å². The van der Waals surface area contributed by atoms with Crippen LogP contribution in [0.25, 0.3) is 0 Å². The largest absolute Gasteiger partial charge is 0.505 e. The monoisotopic (exact) mass is 343 g/mol. The fourth-order valence-electron chi connectivity index (χ4n) is 2.26. The first-order valence-electron chi connectivity index (χ1n) is 7.91. The van der Waals surface area contributed by atoms with Crippen LogP contribution in [0.5, 0.6) is 11.5 Å². The molecule has 0 heterocycles. The van der Waals surface area contributed by atoms with Crippen LogP contribution in [0.1, 0.15) is 28.8 Å². The van der Waals surface area contributed by atoms with E-state index in [2.05, 4.69) is 10.1 Å². The summed E-state index contributed by atoms with van der Waals surface area (Å²) in [5.74, 6) is -0.448. The molecule has 1 amide bonds. The molecule has 6 nitrogen and oxygen atoms in total. The Balaban J connectivity index is 1.85. The van der Waals surface area contributed by atoms with Crippen molar-refractivity contribution in [2.45, 2.75) is 19.8 Å². The van der Waals surface area contributed by atoms with E-state index in [1.54, 1.807) is 6.07 Å². The average Bonchev–Trinajstić information content (AvgIpc) is 2.61. The SMILES string of the molecule is COC(=O)c1cccc(NC(=O)CCCOc2ccccc2C)c1O. The summed E-state index contributed by atoms with van der Waals surface area (Å²) in [6, 6.07) is 12.2. The number of aromatic hydroxyl groups is 1. The van der Waals surface area contributed by atoms with Crippen molar-refractivity contribution >= 4 is 17.6 Å². The zero-order valence-corrected chi connectivity index (χ0v) is 14.2. The highest BCUT2D eigenvalue weighted by Crippen LogP contribution is 2.28. The fraction of sp³-hybridized carbons (Fsp3) is 0.263. The van der Waals surface area contributed by atoms with Gasteiger partial charge in [0.1, 0.15) is 11.3 Å². The van der Waals surface area contributed by atoms with Gasteiger partial charge in [-0.2, -0.15) is 0 Å². The molecule has 0 atom stereocenters. The minimum atomic E-state index is -0.666. The number of carbonyl (C=O) groups is 2. The summed E-state index contributed by atoms with van der Waals surface area (Å²) in [7, 11) is 1.22. The predicted octanol–water partition coefficient (Wildman–Crippen LogP) is 3.28. The number of esters is 1. The van der Waals surface area contributed by atoms with Gasteiger partial charge < -0.3 is 19.9 Å². The van der Waals surface area contributed by atoms with Crippen LogP contribution in [-0.4, -0.2) is 30.7 Å². The summed E-state index contributed by atoms with van der Waals surface area (Å²) in [6.07, 6.45) is 0.755. The van der Waals surface area contributed by atoms with Crippen molar-refractivity contribution in [3.05, 3.63) is 53.6 Å². The molecule has 2 aromatic rings. The Bertz CT molecular complexity index is 757. The zero-order valence-electron chi connectivity index (χ0n) is 14.2. The lowest BCUT2D eigenvalue weighted by Crippen LogP contribution is -2.14. The van der Waals surface area contributed by atoms with Crippen LogP contribution in [0.15, 0.2) is 42.5 Å². The maximum Gasteiger partial charge on any atom is 0.341 e. The molecule has 0 saturated heterocycles. The van der Waals surface area contributed by atoms with Crippen LogP contribution >= 0.6 is 0 Å². The number of benzene rings is 2. The van der Waals surface area contributed by atoms with Crippen molar-refractivity contribution in [2.24, 2.45) is 0 Å². The van der Waals surface area contributed by atoms with E-state index in [4.69, 9.17) is 4.74 Å². The molecule has 0 saturated carbocycles. The second kappa shape index (κ2) is 8.73. The summed E-state index contributed by atoms with van der Waals surface area (Å²) < 4.78 is 10.2. The Hall–Kier alpha value is -3.02. The summed E-state index contributed by atoms with van der Waals surface area (Å²) in [5.41, 5.74) is 1.22. The summed E-state index contributed by atoms with van der Waals surface area (Å²) in [4.78, 5) is 23.5. The highest BCUT2D eigenvalue weighted by atomic mass is 16.5. The van der Waals surface area contributed by atoms with E-state index in [1.165, 1.54) is 19.2 Å². The average molecular weight is 343 g/mol. The number of para-hydroxylation sites is 2. The number of hydrogen-bond donors (Lipinski definition) is 2. The van der Waals surface area contributed by atoms with Crippen molar-refractivity contribution in [2.75, 3.05) is 19.0 Å². The summed E-state index contributed by atoms with van der Waals surface area (Å²) in [5, 5.41) is 12.6. The molecule has 6 heteroatoms. The second-order valence-electron chi connectivity index (χ2n) is 5.46. The van der Waals surface area contributed by atoms with Crippen molar-refractivity contribution in [3.63, 3.8) is 0 Å². The highest BCUT2D eigenvalue weighted by Gasteiger charge is 2.15. The molecule has 2 rings (SSSR count). The highest BCUT2D eigenvalue weighted by molar-refractivity contribution is 5.98. The predicted molar refractivity (Wildman–Crippen MR) is 94.0 cm³/mol. The van der Waals surface area contributed by atoms with Crippen LogP contribution in [-0.2, 0) is 9.53 Å². The van der Waals surface area contributed by atoms with Gasteiger partial charge in [0.2, 0.25) is 5.91 Å². The first kappa shape index (κ1) is 18.3. The molecular formula is C19H21NO5. The number of phenols is 1. The number of methoxy groups -OCH3 is 1. The van der Waals surface area contributed by atoms with Gasteiger partial charge in [0, 0.05) is 6.42 Å². The van der Waals surface area contributed by atoms with Crippen LogP contribution in [0.4, 0.5) is 5.69 Å². The molecule has 132 valence electrons. The quantitative estimate of drug-likeness (QED) is 0.458. The number of anilines is 1. The first-order valence-corrected chi connectivity index (χ1v) is 7.91. The lowest BCUT2D eigenvalue weighted by atomic mass is 10.1. The molecule has 25 heavy (non-hydrogen) atoms. The molecule has 0 bridgehead atoms. The lowest BCUT2D eigenvalue weighted by Gasteiger charge is -2.11. The van der Waals surface area contributed by atoms with E-state index < -0.39 is 5.97 Å². The van der Waals surface area contributed by atoms with Gasteiger partial charge in [-0.15, -0.1) is 0 Å². The Morgan fingerprint density at radius 3 is 2.60 bits per heavy atom. The van der Waals surface area contributed by atoms with Crippen molar-refractivity contribution in [3.8, 4) is 11.5 Å². The molecule has 0 aliphatic rings. The van der Waals surface area contributed by atoms with Gasteiger partial charge in [0.25, 0.3) is 0 Å². The number of aryl methyl sites for hydroxylation is 1. The van der Waals surface area contributed by atoms with Crippen LogP contribution in [0.3, 0.4) is 0 Å². The van der Waals surface area contributed by atoms with E-state index in [9.17, 15) is 14.7 Å². The molecule has 0 radical (unpaired) electrons. The standard InChI is InChI=1S/C19H21NO5/c1-13-7-3-4-10-16(13)25-12-6-11-17(21)20-15-9-5-8-14(18(15)22)19(23)24-2/h3-5,7-10,22H,6,11-12H2,1-2H3,(H,20,21). The second-order valence-corrected chi connectivity index (χ2v) is 5.46. The number of nitrogens with one attached hydrogen (secondary N) is 1. The first-order chi connectivity index (χ1) is 12.0. The number of phenolic OH excluding ortho intramolecular Hbond substituents is 1. The molecule has 0 aliphatic heterocycles. The lowest BCUT2D eigenvalue weighted by molar-refractivity contribution is -0.116. The zero-order chi connectivity index (χ0) is 18.2. The molecule has 0 spiro atoms. The van der Waals surface area contributed by atoms with Crippen LogP contribution < -0.4 is 10.1 Å². The third-order valence-electron chi connectivity index (χ3n) is 3.61. The Morgan fingerprint density at radius 1 is 1.12 bits per heavy atom. The van der Waals surface area contributed by atoms with Crippen LogP contribution in [0, 0.1) is 6.92 Å². The number of carbonyl (C=O) groups excluding carboxylic acids is 2. The fourth-order valence-corrected chi connectivity index (χ4v) is 2.26. The molecule has 0 aromatic heterocycles. The summed E-state index contributed by atoms with van der Waals surface area (Å²) in [6.45, 7) is 2.37. The van der Waals surface area contributed by atoms with Gasteiger partial charge in [0.15, 0.2) is 5.75 Å². The van der Waals surface area contributed by atoms with Crippen LogP contribution in [0.2, 0.25) is 0 Å². The Labute approximate surface area is 146 Å². The number of amides is 1. The number of ether oxygens (including phenoxy) is 2. The van der Waals surface area contributed by atoms with Crippen molar-refractivity contribution < 1.29 is 24.2 Å². The minimum absolute atomic E-state index is 0.00295. The number of hydrogen-bond acceptors (Lipinski definition) is 5. The molecule has 2 aromatic carbocycles. The minimum Gasteiger partial charge on any atom is -0.505 e. The maximum atomic E-state index is 12.0. The maximum absolute atomic E-state index is 12.0. The van der Waals surface area contributed by atoms with E-state index in [1.807, 2.05) is 31.2 Å². The Kier molecular flexibility index (Phi) is 6.39. The van der Waals surface area contributed by atoms with Gasteiger partial charge in [-0.25, -0.2) is 4.79 Å². The van der Waals surface area contributed by atoms with Crippen molar-refractivity contribution in [1.82, 2.24) is 0 Å². The third-order valence-corrected chi connectivity index (χ3v) is 3.61. The van der Waals surface area contributed by atoms with E-state index in [0.29, 0.717) is 13.0 Å². The smallest absolute Gasteiger partial charge is 0.341 e. The number of rotatable bonds is 7. The molecule has 0 fully saturated rings. The van der Waals surface area contributed by atoms with Gasteiger partial charge in [0.05, 0.1) is 19.4 Å².